The highest BCUT2D eigenvalue weighted by Crippen LogP contribution is 2.03. The highest BCUT2D eigenvalue weighted by molar-refractivity contribution is 5.68. The molecule has 92 valence electrons. The van der Waals surface area contributed by atoms with E-state index in [4.69, 9.17) is 5.11 Å². The molecule has 2 heteroatoms. The molecule has 16 heavy (non-hydrogen) atoms. The molecule has 0 unspecified atom stereocenters. The lowest BCUT2D eigenvalue weighted by atomic mass is 10.1. The number of hydrogen-bond acceptors (Lipinski definition) is 1. The van der Waals surface area contributed by atoms with Gasteiger partial charge < -0.3 is 5.11 Å². The van der Waals surface area contributed by atoms with Crippen LogP contribution in [0.25, 0.3) is 0 Å². The fourth-order valence-electron chi connectivity index (χ4n) is 1.40. The number of hydrogen-bond donors (Lipinski definition) is 1. The van der Waals surface area contributed by atoms with Gasteiger partial charge in [0.15, 0.2) is 0 Å². The van der Waals surface area contributed by atoms with Crippen LogP contribution in [0.15, 0.2) is 24.3 Å². The molecule has 0 saturated carbocycles. The predicted octanol–water partition coefficient (Wildman–Crippen LogP) is 4.32. The van der Waals surface area contributed by atoms with Crippen LogP contribution in [0.4, 0.5) is 0 Å². The Kier molecular flexibility index (Phi) is 11.2. The van der Waals surface area contributed by atoms with Crippen LogP contribution in [-0.2, 0) is 4.79 Å². The second-order valence-electron chi connectivity index (χ2n) is 3.97. The van der Waals surface area contributed by atoms with Gasteiger partial charge >= 0.3 is 5.97 Å². The Morgan fingerprint density at radius 3 is 2.06 bits per heavy atom. The number of rotatable bonds is 10. The third kappa shape index (κ3) is 12.9. The largest absolute Gasteiger partial charge is 0.481 e. The van der Waals surface area contributed by atoms with Crippen LogP contribution in [0, 0.1) is 0 Å². The Hall–Kier alpha value is -1.05. The molecule has 0 radical (unpaired) electrons. The summed E-state index contributed by atoms with van der Waals surface area (Å²) in [6, 6.07) is 0. The molecule has 0 spiro atoms. The Morgan fingerprint density at radius 1 is 0.938 bits per heavy atom. The molecular weight excluding hydrogens is 200 g/mol. The van der Waals surface area contributed by atoms with Crippen molar-refractivity contribution in [2.75, 3.05) is 0 Å². The summed E-state index contributed by atoms with van der Waals surface area (Å²) >= 11 is 0. The lowest BCUT2D eigenvalue weighted by Gasteiger charge is -1.92. The summed E-state index contributed by atoms with van der Waals surface area (Å²) in [6.45, 7) is 2.22. The molecule has 0 heterocycles. The smallest absolute Gasteiger partial charge is 0.307 e. The van der Waals surface area contributed by atoms with E-state index in [9.17, 15) is 4.79 Å². The van der Waals surface area contributed by atoms with Gasteiger partial charge in [0, 0.05) is 0 Å². The summed E-state index contributed by atoms with van der Waals surface area (Å²) in [4.78, 5) is 10.2. The van der Waals surface area contributed by atoms with E-state index in [0.29, 0.717) is 0 Å². The van der Waals surface area contributed by atoms with E-state index in [-0.39, 0.29) is 6.42 Å². The maximum absolute atomic E-state index is 10.2. The normalized spacial score (nSPS) is 11.6. The van der Waals surface area contributed by atoms with Crippen molar-refractivity contribution < 1.29 is 9.90 Å². The minimum Gasteiger partial charge on any atom is -0.481 e. The third-order valence-corrected chi connectivity index (χ3v) is 2.34. The van der Waals surface area contributed by atoms with E-state index < -0.39 is 5.97 Å². The first-order valence-electron chi connectivity index (χ1n) is 6.29. The van der Waals surface area contributed by atoms with E-state index in [2.05, 4.69) is 19.1 Å². The fraction of sp³-hybridized carbons (Fsp3) is 0.643. The molecule has 0 aliphatic heterocycles. The van der Waals surface area contributed by atoms with Crippen molar-refractivity contribution in [2.24, 2.45) is 0 Å². The van der Waals surface area contributed by atoms with Gasteiger partial charge in [0.1, 0.15) is 0 Å². The number of allylic oxidation sites excluding steroid dienone is 3. The third-order valence-electron chi connectivity index (χ3n) is 2.34. The monoisotopic (exact) mass is 224 g/mol. The molecule has 0 aliphatic carbocycles. The fourth-order valence-corrected chi connectivity index (χ4v) is 1.40. The van der Waals surface area contributed by atoms with Gasteiger partial charge in [-0.25, -0.2) is 0 Å². The van der Waals surface area contributed by atoms with Crippen LogP contribution >= 0.6 is 0 Å². The average Bonchev–Trinajstić information content (AvgIpc) is 2.25. The quantitative estimate of drug-likeness (QED) is 0.443. The predicted molar refractivity (Wildman–Crippen MR) is 68.5 cm³/mol. The van der Waals surface area contributed by atoms with E-state index in [1.54, 1.807) is 6.08 Å². The lowest BCUT2D eigenvalue weighted by molar-refractivity contribution is -0.136. The number of carboxylic acid groups (broad SMARTS) is 1. The molecule has 0 fully saturated rings. The van der Waals surface area contributed by atoms with Crippen LogP contribution in [0.1, 0.15) is 58.3 Å². The van der Waals surface area contributed by atoms with Crippen LogP contribution in [0.5, 0.6) is 0 Å². The van der Waals surface area contributed by atoms with Crippen molar-refractivity contribution >= 4 is 5.97 Å². The zero-order valence-electron chi connectivity index (χ0n) is 10.3. The lowest BCUT2D eigenvalue weighted by Crippen LogP contribution is -1.89. The minimum absolute atomic E-state index is 0.146. The summed E-state index contributed by atoms with van der Waals surface area (Å²) in [5, 5.41) is 8.39. The van der Waals surface area contributed by atoms with Crippen LogP contribution < -0.4 is 0 Å². The summed E-state index contributed by atoms with van der Waals surface area (Å²) in [5.74, 6) is -0.757. The molecule has 0 aromatic heterocycles. The number of aliphatic carboxylic acids is 1. The topological polar surface area (TPSA) is 37.3 Å². The van der Waals surface area contributed by atoms with E-state index in [0.717, 1.165) is 19.3 Å². The molecule has 2 nitrogen and oxygen atoms in total. The molecule has 1 N–H and O–H groups in total. The second-order valence-corrected chi connectivity index (χ2v) is 3.97. The number of unbranched alkanes of at least 4 members (excludes halogenated alkanes) is 5. The maximum Gasteiger partial charge on any atom is 0.307 e. The number of carbonyl (C=O) groups is 1. The molecule has 0 saturated heterocycles. The summed E-state index contributed by atoms with van der Waals surface area (Å²) in [5.41, 5.74) is 0. The van der Waals surface area contributed by atoms with Crippen molar-refractivity contribution in [3.8, 4) is 0 Å². The van der Waals surface area contributed by atoms with E-state index in [1.807, 2.05) is 6.08 Å². The molecule has 0 aromatic carbocycles. The average molecular weight is 224 g/mol. The van der Waals surface area contributed by atoms with Gasteiger partial charge in [0.2, 0.25) is 0 Å². The van der Waals surface area contributed by atoms with Gasteiger partial charge in [-0.1, -0.05) is 44.1 Å². The first-order chi connectivity index (χ1) is 7.77. The summed E-state index contributed by atoms with van der Waals surface area (Å²) < 4.78 is 0. The van der Waals surface area contributed by atoms with E-state index >= 15 is 0 Å². The SMILES string of the molecule is CCCCC/C=C\CCC/C=C/CC(=O)O. The zero-order valence-corrected chi connectivity index (χ0v) is 10.3. The molecule has 0 amide bonds. The first-order valence-corrected chi connectivity index (χ1v) is 6.29. The standard InChI is InChI=1S/C14H24O2/c1-2-3-4-5-6-7-8-9-10-11-12-13-14(15)16/h6-7,11-12H,2-5,8-10,13H2,1H3,(H,15,16)/b7-6-,12-11+. The van der Waals surface area contributed by atoms with Crippen LogP contribution in [0.3, 0.4) is 0 Å². The zero-order chi connectivity index (χ0) is 12.1. The van der Waals surface area contributed by atoms with Gasteiger partial charge in [-0.3, -0.25) is 4.79 Å². The van der Waals surface area contributed by atoms with Gasteiger partial charge in [-0.2, -0.15) is 0 Å². The Morgan fingerprint density at radius 2 is 1.50 bits per heavy atom. The van der Waals surface area contributed by atoms with Crippen molar-refractivity contribution in [1.29, 1.82) is 0 Å². The minimum atomic E-state index is -0.757. The summed E-state index contributed by atoms with van der Waals surface area (Å²) in [7, 11) is 0. The van der Waals surface area contributed by atoms with Gasteiger partial charge in [0.25, 0.3) is 0 Å². The molecule has 0 atom stereocenters. The van der Waals surface area contributed by atoms with E-state index in [1.165, 1.54) is 25.7 Å². The maximum atomic E-state index is 10.2. The molecule has 0 aliphatic rings. The van der Waals surface area contributed by atoms with Crippen molar-refractivity contribution in [1.82, 2.24) is 0 Å². The highest BCUT2D eigenvalue weighted by atomic mass is 16.4. The van der Waals surface area contributed by atoms with Crippen molar-refractivity contribution in [3.05, 3.63) is 24.3 Å². The van der Waals surface area contributed by atoms with Crippen molar-refractivity contribution in [3.63, 3.8) is 0 Å². The highest BCUT2D eigenvalue weighted by Gasteiger charge is 1.88. The van der Waals surface area contributed by atoms with Gasteiger partial charge in [-0.05, 0) is 32.1 Å². The summed E-state index contributed by atoms with van der Waals surface area (Å²) in [6.07, 6.45) is 16.6. The Bertz CT molecular complexity index is 217. The van der Waals surface area contributed by atoms with Gasteiger partial charge in [0.05, 0.1) is 6.42 Å². The van der Waals surface area contributed by atoms with Crippen LogP contribution in [-0.4, -0.2) is 11.1 Å². The second kappa shape index (κ2) is 12.0. The van der Waals surface area contributed by atoms with Gasteiger partial charge in [-0.15, -0.1) is 0 Å². The molecule has 0 rings (SSSR count). The number of carboxylic acids is 1. The molecule has 0 aromatic rings. The first kappa shape index (κ1) is 14.9. The van der Waals surface area contributed by atoms with Crippen molar-refractivity contribution in [2.45, 2.75) is 58.3 Å². The molecular formula is C14H24O2. The van der Waals surface area contributed by atoms with Crippen LogP contribution in [0.2, 0.25) is 0 Å². The Balaban J connectivity index is 3.19. The Labute approximate surface area is 99.1 Å². The molecule has 0 bridgehead atoms.